The van der Waals surface area contributed by atoms with E-state index in [1.54, 1.807) is 12.4 Å². The predicted octanol–water partition coefficient (Wildman–Crippen LogP) is 2.70. The lowest BCUT2D eigenvalue weighted by atomic mass is 10.2. The van der Waals surface area contributed by atoms with Crippen molar-refractivity contribution >= 4 is 11.0 Å². The maximum atomic E-state index is 9.01. The van der Waals surface area contributed by atoms with Gasteiger partial charge in [0.05, 0.1) is 28.2 Å². The van der Waals surface area contributed by atoms with E-state index in [0.29, 0.717) is 11.6 Å². The lowest BCUT2D eigenvalue weighted by Crippen LogP contribution is -1.97. The van der Waals surface area contributed by atoms with Gasteiger partial charge in [0.2, 0.25) is 0 Å². The first-order valence-corrected chi connectivity index (χ1v) is 6.54. The Morgan fingerprint density at radius 1 is 1.20 bits per heavy atom. The largest absolute Gasteiger partial charge is 0.321 e. The van der Waals surface area contributed by atoms with Crippen LogP contribution in [0.4, 0.5) is 0 Å². The molecule has 2 aromatic heterocycles. The van der Waals surface area contributed by atoms with Crippen LogP contribution in [0.3, 0.4) is 0 Å². The summed E-state index contributed by atoms with van der Waals surface area (Å²) in [5.41, 5.74) is 3.48. The fraction of sp³-hybridized carbons (Fsp3) is 0.200. The van der Waals surface area contributed by atoms with E-state index in [1.165, 1.54) is 19.2 Å². The van der Waals surface area contributed by atoms with Crippen molar-refractivity contribution in [3.63, 3.8) is 0 Å². The van der Waals surface area contributed by atoms with Crippen LogP contribution >= 0.6 is 0 Å². The summed E-state index contributed by atoms with van der Waals surface area (Å²) in [6.07, 6.45) is 7.41. The molecule has 0 saturated heterocycles. The Morgan fingerprint density at radius 3 is 2.70 bits per heavy atom. The molecule has 3 aromatic rings. The molecule has 1 aromatic carbocycles. The van der Waals surface area contributed by atoms with Crippen molar-refractivity contribution in [1.82, 2.24) is 19.5 Å². The van der Waals surface area contributed by atoms with Gasteiger partial charge in [0.1, 0.15) is 12.2 Å². The number of benzene rings is 1. The highest BCUT2D eigenvalue weighted by atomic mass is 15.1. The Labute approximate surface area is 115 Å². The van der Waals surface area contributed by atoms with Crippen LogP contribution < -0.4 is 0 Å². The molecule has 4 rings (SSSR count). The second-order valence-electron chi connectivity index (χ2n) is 4.98. The lowest BCUT2D eigenvalue weighted by molar-refractivity contribution is 0.774. The van der Waals surface area contributed by atoms with E-state index in [2.05, 4.69) is 25.6 Å². The number of nitrogens with zero attached hydrogens (tertiary/aromatic N) is 5. The van der Waals surface area contributed by atoms with E-state index < -0.39 is 0 Å². The van der Waals surface area contributed by atoms with Crippen LogP contribution in [-0.4, -0.2) is 19.5 Å². The Morgan fingerprint density at radius 2 is 2.00 bits per heavy atom. The first-order valence-electron chi connectivity index (χ1n) is 6.54. The Kier molecular flexibility index (Phi) is 2.30. The summed E-state index contributed by atoms with van der Waals surface area (Å²) in [5, 5.41) is 9.01. The number of hydrogen-bond acceptors (Lipinski definition) is 4. The maximum Gasteiger partial charge on any atom is 0.144 e. The molecular weight excluding hydrogens is 250 g/mol. The van der Waals surface area contributed by atoms with Gasteiger partial charge in [-0.3, -0.25) is 0 Å². The van der Waals surface area contributed by atoms with Gasteiger partial charge in [-0.05, 0) is 31.0 Å². The second kappa shape index (κ2) is 4.14. The van der Waals surface area contributed by atoms with Crippen molar-refractivity contribution < 1.29 is 0 Å². The second-order valence-corrected chi connectivity index (χ2v) is 4.98. The summed E-state index contributed by atoms with van der Waals surface area (Å²) in [6.45, 7) is 0. The van der Waals surface area contributed by atoms with Crippen molar-refractivity contribution in [2.24, 2.45) is 0 Å². The summed E-state index contributed by atoms with van der Waals surface area (Å²) in [6, 6.07) is 8.32. The van der Waals surface area contributed by atoms with E-state index in [4.69, 9.17) is 5.26 Å². The van der Waals surface area contributed by atoms with Crippen LogP contribution in [0, 0.1) is 11.3 Å². The molecule has 0 atom stereocenters. The number of nitriles is 1. The number of fused-ring (bicyclic) bond motifs is 1. The van der Waals surface area contributed by atoms with Crippen molar-refractivity contribution in [3.05, 3.63) is 42.5 Å². The van der Waals surface area contributed by atoms with Gasteiger partial charge in [0.25, 0.3) is 0 Å². The average Bonchev–Trinajstić information content (AvgIpc) is 3.27. The van der Waals surface area contributed by atoms with Gasteiger partial charge in [0.15, 0.2) is 0 Å². The minimum atomic E-state index is 0.503. The zero-order valence-corrected chi connectivity index (χ0v) is 10.7. The van der Waals surface area contributed by atoms with Gasteiger partial charge in [0, 0.05) is 18.4 Å². The highest BCUT2D eigenvalue weighted by Gasteiger charge is 2.28. The van der Waals surface area contributed by atoms with E-state index in [0.717, 1.165) is 22.4 Å². The lowest BCUT2D eigenvalue weighted by Gasteiger charge is -2.06. The Bertz CT molecular complexity index is 825. The van der Waals surface area contributed by atoms with Crippen molar-refractivity contribution in [1.29, 1.82) is 5.26 Å². The van der Waals surface area contributed by atoms with Gasteiger partial charge in [-0.15, -0.1) is 0 Å². The van der Waals surface area contributed by atoms with Gasteiger partial charge < -0.3 is 4.57 Å². The molecule has 96 valence electrons. The van der Waals surface area contributed by atoms with Crippen LogP contribution in [0.1, 0.15) is 24.4 Å². The summed E-state index contributed by atoms with van der Waals surface area (Å²) >= 11 is 0. The first kappa shape index (κ1) is 11.1. The number of hydrogen-bond donors (Lipinski definition) is 0. The first-order chi connectivity index (χ1) is 9.86. The Hall–Kier alpha value is -2.74. The van der Waals surface area contributed by atoms with Gasteiger partial charge >= 0.3 is 0 Å². The molecule has 1 fully saturated rings. The number of aromatic nitrogens is 4. The third-order valence-electron chi connectivity index (χ3n) is 3.55. The minimum absolute atomic E-state index is 0.503. The molecule has 1 saturated carbocycles. The van der Waals surface area contributed by atoms with Crippen LogP contribution in [0.5, 0.6) is 0 Å². The normalized spacial score (nSPS) is 14.3. The fourth-order valence-electron chi connectivity index (χ4n) is 2.49. The molecule has 2 heterocycles. The van der Waals surface area contributed by atoms with Crippen LogP contribution in [-0.2, 0) is 0 Å². The molecule has 0 amide bonds. The van der Waals surface area contributed by atoms with Gasteiger partial charge in [-0.25, -0.2) is 15.0 Å². The van der Waals surface area contributed by atoms with E-state index in [1.807, 2.05) is 18.2 Å². The molecule has 0 aliphatic heterocycles. The van der Waals surface area contributed by atoms with Crippen LogP contribution in [0.2, 0.25) is 0 Å². The molecule has 0 unspecified atom stereocenters. The molecule has 5 heteroatoms. The third-order valence-corrected chi connectivity index (χ3v) is 3.55. The molecule has 1 aliphatic rings. The molecule has 0 spiro atoms. The van der Waals surface area contributed by atoms with Crippen LogP contribution in [0.25, 0.3) is 22.4 Å². The van der Waals surface area contributed by atoms with Gasteiger partial charge in [-0.2, -0.15) is 5.26 Å². The minimum Gasteiger partial charge on any atom is -0.321 e. The van der Waals surface area contributed by atoms with Gasteiger partial charge in [-0.1, -0.05) is 0 Å². The van der Waals surface area contributed by atoms with Crippen molar-refractivity contribution in [2.75, 3.05) is 0 Å². The standard InChI is InChI=1S/C15H11N5/c16-6-10-1-4-14-13(5-10)19-15(20(14)12-2-3-12)11-7-17-9-18-8-11/h1,4-5,7-9,12H,2-3H2. The Balaban J connectivity index is 2.00. The summed E-state index contributed by atoms with van der Waals surface area (Å²) in [7, 11) is 0. The SMILES string of the molecule is N#Cc1ccc2c(c1)nc(-c1cncnc1)n2C1CC1. The quantitative estimate of drug-likeness (QED) is 0.711. The smallest absolute Gasteiger partial charge is 0.144 e. The molecule has 1 aliphatic carbocycles. The number of imidazole rings is 1. The van der Waals surface area contributed by atoms with E-state index in [9.17, 15) is 0 Å². The molecular formula is C15H11N5. The summed E-state index contributed by atoms with van der Waals surface area (Å²) in [4.78, 5) is 12.8. The highest BCUT2D eigenvalue weighted by Crippen LogP contribution is 2.41. The molecule has 20 heavy (non-hydrogen) atoms. The number of rotatable bonds is 2. The zero-order valence-electron chi connectivity index (χ0n) is 10.7. The van der Waals surface area contributed by atoms with E-state index in [-0.39, 0.29) is 0 Å². The highest BCUT2D eigenvalue weighted by molar-refractivity contribution is 5.82. The van der Waals surface area contributed by atoms with E-state index >= 15 is 0 Å². The summed E-state index contributed by atoms with van der Waals surface area (Å²) < 4.78 is 2.25. The van der Waals surface area contributed by atoms with Crippen molar-refractivity contribution in [2.45, 2.75) is 18.9 Å². The van der Waals surface area contributed by atoms with Crippen molar-refractivity contribution in [3.8, 4) is 17.5 Å². The topological polar surface area (TPSA) is 67.4 Å². The predicted molar refractivity (Wildman–Crippen MR) is 73.7 cm³/mol. The molecule has 5 nitrogen and oxygen atoms in total. The zero-order chi connectivity index (χ0) is 13.5. The monoisotopic (exact) mass is 261 g/mol. The third kappa shape index (κ3) is 1.66. The van der Waals surface area contributed by atoms with Crippen LogP contribution in [0.15, 0.2) is 36.9 Å². The summed E-state index contributed by atoms with van der Waals surface area (Å²) in [5.74, 6) is 0.887. The maximum absolute atomic E-state index is 9.01. The molecule has 0 bridgehead atoms. The average molecular weight is 261 g/mol. The fourth-order valence-corrected chi connectivity index (χ4v) is 2.49. The molecule has 0 N–H and O–H groups in total. The molecule has 0 radical (unpaired) electrons.